The maximum absolute atomic E-state index is 12.8. The number of halogens is 1. The molecule has 128 valence electrons. The monoisotopic (exact) mass is 400 g/mol. The highest BCUT2D eigenvalue weighted by molar-refractivity contribution is 9.10. The van der Waals surface area contributed by atoms with Gasteiger partial charge in [0.15, 0.2) is 0 Å². The van der Waals surface area contributed by atoms with Crippen molar-refractivity contribution in [3.8, 4) is 5.75 Å². The average molecular weight is 401 g/mol. The second-order valence-corrected chi connectivity index (χ2v) is 8.14. The lowest BCUT2D eigenvalue weighted by molar-refractivity contribution is -0.140. The number of hydrogen-bond donors (Lipinski definition) is 0. The van der Waals surface area contributed by atoms with Gasteiger partial charge in [0.1, 0.15) is 5.75 Å². The highest BCUT2D eigenvalue weighted by Gasteiger charge is 2.67. The van der Waals surface area contributed by atoms with Crippen molar-refractivity contribution in [2.45, 2.75) is 6.42 Å². The summed E-state index contributed by atoms with van der Waals surface area (Å²) in [6.45, 7) is 0. The molecule has 6 rings (SSSR count). The molecule has 1 aromatic carbocycles. The van der Waals surface area contributed by atoms with Gasteiger partial charge in [0, 0.05) is 0 Å². The number of hydrogen-bond acceptors (Lipinski definition) is 4. The smallest absolute Gasteiger partial charge is 0.254 e. The molecule has 1 saturated heterocycles. The quantitative estimate of drug-likeness (QED) is 0.445. The van der Waals surface area contributed by atoms with Crippen molar-refractivity contribution in [3.05, 3.63) is 40.4 Å². The Kier molecular flexibility index (Phi) is 3.23. The zero-order chi connectivity index (χ0) is 17.3. The van der Waals surface area contributed by atoms with E-state index < -0.39 is 0 Å². The number of carbonyl (C=O) groups excluding carboxylic acids is 2. The SMILES string of the molecule is COc1ccc(/C=N\N2C(=O)[C@@H]3[C@H]4C=C[C@H]([C@H]5C[C@H]45)[C@@H]3C2=O)cc1Br. The number of imide groups is 1. The van der Waals surface area contributed by atoms with E-state index in [4.69, 9.17) is 4.74 Å². The molecule has 1 heterocycles. The van der Waals surface area contributed by atoms with Crippen LogP contribution >= 0.6 is 15.9 Å². The first-order valence-electron chi connectivity index (χ1n) is 8.54. The lowest BCUT2D eigenvalue weighted by atomic mass is 9.63. The highest BCUT2D eigenvalue weighted by atomic mass is 79.9. The molecule has 5 aliphatic rings. The fraction of sp³-hybridized carbons (Fsp3) is 0.421. The van der Waals surface area contributed by atoms with Crippen LogP contribution in [0, 0.1) is 35.5 Å². The Hall–Kier alpha value is -1.95. The number of rotatable bonds is 3. The van der Waals surface area contributed by atoms with Crippen LogP contribution < -0.4 is 4.74 Å². The third-order valence-electron chi connectivity index (χ3n) is 6.14. The molecule has 0 aromatic heterocycles. The molecule has 0 spiro atoms. The van der Waals surface area contributed by atoms with Crippen LogP contribution in [0.4, 0.5) is 0 Å². The van der Waals surface area contributed by atoms with Gasteiger partial charge in [-0.2, -0.15) is 10.1 Å². The van der Waals surface area contributed by atoms with Crippen molar-refractivity contribution < 1.29 is 14.3 Å². The van der Waals surface area contributed by atoms with Gasteiger partial charge < -0.3 is 4.74 Å². The molecule has 1 aliphatic heterocycles. The second kappa shape index (κ2) is 5.27. The summed E-state index contributed by atoms with van der Waals surface area (Å²) in [5.74, 6) is 1.71. The Morgan fingerprint density at radius 2 is 1.80 bits per heavy atom. The van der Waals surface area contributed by atoms with E-state index in [1.54, 1.807) is 13.3 Å². The molecule has 0 N–H and O–H groups in total. The topological polar surface area (TPSA) is 59.0 Å². The molecule has 0 unspecified atom stereocenters. The Morgan fingerprint density at radius 3 is 2.36 bits per heavy atom. The van der Waals surface area contributed by atoms with E-state index >= 15 is 0 Å². The fourth-order valence-corrected chi connectivity index (χ4v) is 5.50. The molecule has 1 aromatic rings. The first-order chi connectivity index (χ1) is 12.1. The number of carbonyl (C=O) groups is 2. The molecule has 6 heteroatoms. The fourth-order valence-electron chi connectivity index (χ4n) is 4.94. The van der Waals surface area contributed by atoms with E-state index in [1.807, 2.05) is 18.2 Å². The van der Waals surface area contributed by atoms with Crippen molar-refractivity contribution in [2.24, 2.45) is 40.6 Å². The predicted octanol–water partition coefficient (Wildman–Crippen LogP) is 2.84. The summed E-state index contributed by atoms with van der Waals surface area (Å²) in [4.78, 5) is 25.6. The van der Waals surface area contributed by atoms with Crippen LogP contribution in [-0.4, -0.2) is 30.1 Å². The van der Waals surface area contributed by atoms with E-state index in [1.165, 1.54) is 6.42 Å². The van der Waals surface area contributed by atoms with Crippen LogP contribution in [0.3, 0.4) is 0 Å². The minimum absolute atomic E-state index is 0.136. The molecular weight excluding hydrogens is 384 g/mol. The maximum Gasteiger partial charge on any atom is 0.254 e. The molecule has 5 nitrogen and oxygen atoms in total. The Bertz CT molecular complexity index is 813. The van der Waals surface area contributed by atoms with Crippen molar-refractivity contribution >= 4 is 34.0 Å². The minimum Gasteiger partial charge on any atom is -0.496 e. The third-order valence-corrected chi connectivity index (χ3v) is 6.76. The molecular formula is C19H17BrN2O3. The molecule has 2 saturated carbocycles. The van der Waals surface area contributed by atoms with Crippen LogP contribution in [0.2, 0.25) is 0 Å². The largest absolute Gasteiger partial charge is 0.496 e. The molecule has 3 fully saturated rings. The van der Waals surface area contributed by atoms with Crippen molar-refractivity contribution in [1.29, 1.82) is 0 Å². The van der Waals surface area contributed by atoms with E-state index in [0.717, 1.165) is 20.8 Å². The summed E-state index contributed by atoms with van der Waals surface area (Å²) >= 11 is 3.43. The van der Waals surface area contributed by atoms with Gasteiger partial charge in [-0.25, -0.2) is 0 Å². The van der Waals surface area contributed by atoms with Gasteiger partial charge in [0.25, 0.3) is 11.8 Å². The normalized spacial score (nSPS) is 37.6. The first kappa shape index (κ1) is 15.3. The summed E-state index contributed by atoms with van der Waals surface area (Å²) in [5.41, 5.74) is 0.798. The van der Waals surface area contributed by atoms with E-state index in [-0.39, 0.29) is 35.5 Å². The van der Waals surface area contributed by atoms with Gasteiger partial charge in [0.2, 0.25) is 0 Å². The number of nitrogens with zero attached hydrogens (tertiary/aromatic N) is 2. The molecule has 4 aliphatic carbocycles. The number of ether oxygens (including phenoxy) is 1. The van der Waals surface area contributed by atoms with Gasteiger partial charge in [-0.15, -0.1) is 0 Å². The van der Waals surface area contributed by atoms with Crippen LogP contribution in [0.25, 0.3) is 0 Å². The zero-order valence-electron chi connectivity index (χ0n) is 13.6. The van der Waals surface area contributed by atoms with Crippen molar-refractivity contribution in [3.63, 3.8) is 0 Å². The number of methoxy groups -OCH3 is 1. The Labute approximate surface area is 153 Å². The molecule has 0 radical (unpaired) electrons. The van der Waals surface area contributed by atoms with Crippen LogP contribution in [0.1, 0.15) is 12.0 Å². The standard InChI is InChI=1S/C19H17BrN2O3/c1-25-15-5-2-9(6-14(15)20)8-21-22-18(23)16-10-3-4-11(13-7-12(10)13)17(16)19(22)24/h2-6,8,10-13,16-17H,7H2,1H3/b21-8-/t10-,11+,12-,13-,16+,17-/m1/s1. The van der Waals surface area contributed by atoms with Crippen molar-refractivity contribution in [1.82, 2.24) is 5.01 Å². The van der Waals surface area contributed by atoms with E-state index in [2.05, 4.69) is 33.2 Å². The maximum atomic E-state index is 12.8. The lowest BCUT2D eigenvalue weighted by Gasteiger charge is -2.37. The zero-order valence-corrected chi connectivity index (χ0v) is 15.2. The number of hydrazone groups is 1. The van der Waals surface area contributed by atoms with Gasteiger partial charge in [-0.05, 0) is 69.8 Å². The summed E-state index contributed by atoms with van der Waals surface area (Å²) < 4.78 is 6.00. The average Bonchev–Trinajstić information content (AvgIpc) is 3.39. The summed E-state index contributed by atoms with van der Waals surface area (Å²) in [6.07, 6.45) is 7.06. The highest BCUT2D eigenvalue weighted by Crippen LogP contribution is 2.65. The molecule has 6 atom stereocenters. The van der Waals surface area contributed by atoms with Gasteiger partial charge in [-0.1, -0.05) is 12.2 Å². The van der Waals surface area contributed by atoms with Gasteiger partial charge in [0.05, 0.1) is 29.6 Å². The summed E-state index contributed by atoms with van der Waals surface area (Å²) in [7, 11) is 1.60. The Balaban J connectivity index is 1.41. The van der Waals surface area contributed by atoms with E-state index in [0.29, 0.717) is 11.8 Å². The van der Waals surface area contributed by atoms with Gasteiger partial charge in [-0.3, -0.25) is 9.59 Å². The van der Waals surface area contributed by atoms with Crippen LogP contribution in [0.15, 0.2) is 39.9 Å². The summed E-state index contributed by atoms with van der Waals surface area (Å²) in [6, 6.07) is 5.50. The van der Waals surface area contributed by atoms with E-state index in [9.17, 15) is 9.59 Å². The summed E-state index contributed by atoms with van der Waals surface area (Å²) in [5, 5.41) is 5.34. The first-order valence-corrected chi connectivity index (χ1v) is 9.33. The number of allylic oxidation sites excluding steroid dienone is 2. The number of benzene rings is 1. The number of amides is 2. The molecule has 2 bridgehead atoms. The molecule has 2 amide bonds. The Morgan fingerprint density at radius 1 is 1.16 bits per heavy atom. The minimum atomic E-state index is -0.203. The van der Waals surface area contributed by atoms with Crippen molar-refractivity contribution in [2.75, 3.05) is 7.11 Å². The third kappa shape index (κ3) is 2.09. The van der Waals surface area contributed by atoms with Crippen LogP contribution in [-0.2, 0) is 9.59 Å². The predicted molar refractivity (Wildman–Crippen MR) is 94.8 cm³/mol. The lowest BCUT2D eigenvalue weighted by Crippen LogP contribution is -2.40. The van der Waals surface area contributed by atoms with Crippen LogP contribution in [0.5, 0.6) is 5.75 Å². The van der Waals surface area contributed by atoms with Gasteiger partial charge >= 0.3 is 0 Å². The molecule has 25 heavy (non-hydrogen) atoms. The second-order valence-electron chi connectivity index (χ2n) is 7.28.